The summed E-state index contributed by atoms with van der Waals surface area (Å²) < 4.78 is 13.4. The first kappa shape index (κ1) is 12.2. The van der Waals surface area contributed by atoms with Crippen LogP contribution in [-0.4, -0.2) is 0 Å². The molecular weight excluding hydrogens is 225 g/mol. The van der Waals surface area contributed by atoms with Crippen LogP contribution in [0.5, 0.6) is 0 Å². The highest BCUT2D eigenvalue weighted by Crippen LogP contribution is 2.13. The number of rotatable bonds is 3. The van der Waals surface area contributed by atoms with Gasteiger partial charge in [-0.2, -0.15) is 0 Å². The molecular formula is C16H14FN. The summed E-state index contributed by atoms with van der Waals surface area (Å²) in [5.74, 6) is 2.41. The monoisotopic (exact) mass is 239 g/mol. The highest BCUT2D eigenvalue weighted by atomic mass is 19.1. The standard InChI is InChI=1S/C16H14FN/c1-3-13-5-4-6-15(9-13)18-11-14-8-7-12(2)16(17)10-14/h1,4-10,18H,11H2,2H3. The quantitative estimate of drug-likeness (QED) is 0.805. The van der Waals surface area contributed by atoms with E-state index in [4.69, 9.17) is 6.42 Å². The minimum atomic E-state index is -0.174. The van der Waals surface area contributed by atoms with Gasteiger partial charge < -0.3 is 5.32 Å². The van der Waals surface area contributed by atoms with Crippen LogP contribution in [0.25, 0.3) is 0 Å². The molecule has 0 bridgehead atoms. The smallest absolute Gasteiger partial charge is 0.126 e. The molecule has 18 heavy (non-hydrogen) atoms. The van der Waals surface area contributed by atoms with Crippen LogP contribution >= 0.6 is 0 Å². The van der Waals surface area contributed by atoms with Crippen molar-refractivity contribution in [2.24, 2.45) is 0 Å². The molecule has 0 fully saturated rings. The summed E-state index contributed by atoms with van der Waals surface area (Å²) in [4.78, 5) is 0. The Balaban J connectivity index is 2.07. The summed E-state index contributed by atoms with van der Waals surface area (Å²) in [7, 11) is 0. The molecule has 0 aliphatic heterocycles. The Bertz CT molecular complexity index is 596. The van der Waals surface area contributed by atoms with Gasteiger partial charge in [0.1, 0.15) is 5.82 Å². The van der Waals surface area contributed by atoms with Gasteiger partial charge in [0.25, 0.3) is 0 Å². The summed E-state index contributed by atoms with van der Waals surface area (Å²) in [5.41, 5.74) is 3.33. The van der Waals surface area contributed by atoms with Gasteiger partial charge in [0.15, 0.2) is 0 Å². The Morgan fingerprint density at radius 3 is 2.78 bits per heavy atom. The minimum absolute atomic E-state index is 0.174. The van der Waals surface area contributed by atoms with Crippen molar-refractivity contribution in [3.63, 3.8) is 0 Å². The lowest BCUT2D eigenvalue weighted by Crippen LogP contribution is -2.00. The van der Waals surface area contributed by atoms with Gasteiger partial charge in [0, 0.05) is 17.8 Å². The predicted octanol–water partition coefficient (Wildman–Crippen LogP) is 3.73. The Kier molecular flexibility index (Phi) is 3.64. The molecule has 2 aromatic rings. The van der Waals surface area contributed by atoms with Crippen molar-refractivity contribution in [1.82, 2.24) is 0 Å². The lowest BCUT2D eigenvalue weighted by atomic mass is 10.1. The number of halogens is 1. The summed E-state index contributed by atoms with van der Waals surface area (Å²) in [5, 5.41) is 3.22. The van der Waals surface area contributed by atoms with Crippen LogP contribution in [0.3, 0.4) is 0 Å². The van der Waals surface area contributed by atoms with Crippen LogP contribution in [0, 0.1) is 25.1 Å². The van der Waals surface area contributed by atoms with Crippen LogP contribution in [0.4, 0.5) is 10.1 Å². The Morgan fingerprint density at radius 2 is 2.06 bits per heavy atom. The molecule has 2 rings (SSSR count). The summed E-state index contributed by atoms with van der Waals surface area (Å²) in [6.07, 6.45) is 5.34. The van der Waals surface area contributed by atoms with Crippen LogP contribution in [0.15, 0.2) is 42.5 Å². The van der Waals surface area contributed by atoms with Gasteiger partial charge in [0.2, 0.25) is 0 Å². The van der Waals surface area contributed by atoms with Crippen molar-refractivity contribution in [3.8, 4) is 12.3 Å². The maximum atomic E-state index is 13.4. The van der Waals surface area contributed by atoms with Gasteiger partial charge >= 0.3 is 0 Å². The third-order valence-corrected chi connectivity index (χ3v) is 2.76. The summed E-state index contributed by atoms with van der Waals surface area (Å²) in [6, 6.07) is 12.8. The SMILES string of the molecule is C#Cc1cccc(NCc2ccc(C)c(F)c2)c1. The van der Waals surface area contributed by atoms with Gasteiger partial charge in [-0.25, -0.2) is 4.39 Å². The largest absolute Gasteiger partial charge is 0.381 e. The van der Waals surface area contributed by atoms with Gasteiger partial charge in [-0.05, 0) is 42.3 Å². The first-order valence-electron chi connectivity index (χ1n) is 5.74. The van der Waals surface area contributed by atoms with E-state index in [1.807, 2.05) is 30.3 Å². The normalized spacial score (nSPS) is 9.83. The fraction of sp³-hybridized carbons (Fsp3) is 0.125. The second-order valence-corrected chi connectivity index (χ2v) is 4.16. The molecule has 0 heterocycles. The third-order valence-electron chi connectivity index (χ3n) is 2.76. The molecule has 0 unspecified atom stereocenters. The molecule has 0 saturated heterocycles. The molecule has 0 radical (unpaired) electrons. The molecule has 0 aliphatic carbocycles. The van der Waals surface area contributed by atoms with Crippen molar-refractivity contribution in [3.05, 3.63) is 65.0 Å². The van der Waals surface area contributed by atoms with E-state index in [1.165, 1.54) is 0 Å². The maximum absolute atomic E-state index is 13.4. The maximum Gasteiger partial charge on any atom is 0.126 e. The minimum Gasteiger partial charge on any atom is -0.381 e. The molecule has 0 spiro atoms. The van der Waals surface area contributed by atoms with Crippen molar-refractivity contribution >= 4 is 5.69 Å². The van der Waals surface area contributed by atoms with Crippen LogP contribution in [0.1, 0.15) is 16.7 Å². The number of hydrogen-bond donors (Lipinski definition) is 1. The Hall–Kier alpha value is -2.27. The predicted molar refractivity (Wildman–Crippen MR) is 72.8 cm³/mol. The molecule has 0 amide bonds. The lowest BCUT2D eigenvalue weighted by molar-refractivity contribution is 0.616. The van der Waals surface area contributed by atoms with Gasteiger partial charge in [-0.15, -0.1) is 6.42 Å². The molecule has 0 atom stereocenters. The number of terminal acetylenes is 1. The van der Waals surface area contributed by atoms with E-state index in [9.17, 15) is 4.39 Å². The zero-order valence-corrected chi connectivity index (χ0v) is 10.2. The fourth-order valence-corrected chi connectivity index (χ4v) is 1.67. The van der Waals surface area contributed by atoms with Crippen LogP contribution in [-0.2, 0) is 6.54 Å². The number of anilines is 1. The second kappa shape index (κ2) is 5.37. The lowest BCUT2D eigenvalue weighted by Gasteiger charge is -2.07. The zero-order valence-electron chi connectivity index (χ0n) is 10.2. The molecule has 90 valence electrons. The number of benzene rings is 2. The molecule has 1 N–H and O–H groups in total. The molecule has 2 aromatic carbocycles. The molecule has 0 aromatic heterocycles. The van der Waals surface area contributed by atoms with Crippen molar-refractivity contribution < 1.29 is 4.39 Å². The second-order valence-electron chi connectivity index (χ2n) is 4.16. The molecule has 0 aliphatic rings. The van der Waals surface area contributed by atoms with E-state index in [2.05, 4.69) is 11.2 Å². The number of nitrogens with one attached hydrogen (secondary N) is 1. The Morgan fingerprint density at radius 1 is 1.22 bits per heavy atom. The summed E-state index contributed by atoms with van der Waals surface area (Å²) in [6.45, 7) is 2.33. The van der Waals surface area contributed by atoms with E-state index < -0.39 is 0 Å². The van der Waals surface area contributed by atoms with Crippen LogP contribution in [0.2, 0.25) is 0 Å². The third kappa shape index (κ3) is 2.89. The topological polar surface area (TPSA) is 12.0 Å². The molecule has 0 saturated carbocycles. The fourth-order valence-electron chi connectivity index (χ4n) is 1.67. The average Bonchev–Trinajstić information content (AvgIpc) is 2.40. The zero-order chi connectivity index (χ0) is 13.0. The van der Waals surface area contributed by atoms with E-state index in [-0.39, 0.29) is 5.82 Å². The first-order chi connectivity index (χ1) is 8.69. The highest BCUT2D eigenvalue weighted by molar-refractivity contribution is 5.50. The number of hydrogen-bond acceptors (Lipinski definition) is 1. The van der Waals surface area contributed by atoms with E-state index in [0.29, 0.717) is 12.1 Å². The molecule has 1 nitrogen and oxygen atoms in total. The van der Waals surface area contributed by atoms with Crippen molar-refractivity contribution in [1.29, 1.82) is 0 Å². The van der Waals surface area contributed by atoms with E-state index in [0.717, 1.165) is 16.8 Å². The first-order valence-corrected chi connectivity index (χ1v) is 5.74. The Labute approximate surface area is 107 Å². The van der Waals surface area contributed by atoms with Gasteiger partial charge in [0.05, 0.1) is 0 Å². The van der Waals surface area contributed by atoms with Gasteiger partial charge in [-0.1, -0.05) is 24.1 Å². The van der Waals surface area contributed by atoms with Crippen molar-refractivity contribution in [2.45, 2.75) is 13.5 Å². The highest BCUT2D eigenvalue weighted by Gasteiger charge is 1.99. The molecule has 2 heteroatoms. The summed E-state index contributed by atoms with van der Waals surface area (Å²) >= 11 is 0. The average molecular weight is 239 g/mol. The van der Waals surface area contributed by atoms with E-state index >= 15 is 0 Å². The van der Waals surface area contributed by atoms with E-state index in [1.54, 1.807) is 19.1 Å². The van der Waals surface area contributed by atoms with Crippen molar-refractivity contribution in [2.75, 3.05) is 5.32 Å². The van der Waals surface area contributed by atoms with Gasteiger partial charge in [-0.3, -0.25) is 0 Å². The number of aryl methyl sites for hydroxylation is 1. The van der Waals surface area contributed by atoms with Crippen LogP contribution < -0.4 is 5.32 Å².